The normalized spacial score (nSPS) is 20.1. The third kappa shape index (κ3) is 1.97. The van der Waals surface area contributed by atoms with Crippen LogP contribution in [0.15, 0.2) is 36.4 Å². The highest BCUT2D eigenvalue weighted by Gasteiger charge is 2.57. The molecule has 0 spiro atoms. The first-order valence-corrected chi connectivity index (χ1v) is 6.13. The number of hydrogen-bond donors (Lipinski definition) is 0. The second kappa shape index (κ2) is 5.01. The lowest BCUT2D eigenvalue weighted by molar-refractivity contribution is -0.486. The number of likely N-dealkylation sites (N-methyl/N-ethyl adjacent to an activating group) is 1. The van der Waals surface area contributed by atoms with E-state index < -0.39 is 28.8 Å². The number of benzene rings is 1. The van der Waals surface area contributed by atoms with Crippen LogP contribution in [0.4, 0.5) is 5.69 Å². The molecule has 0 saturated heterocycles. The molecule has 0 radical (unpaired) electrons. The monoisotopic (exact) mass is 290 g/mol. The Morgan fingerprint density at radius 2 is 2.10 bits per heavy atom. The van der Waals surface area contributed by atoms with Crippen molar-refractivity contribution in [3.63, 3.8) is 0 Å². The van der Waals surface area contributed by atoms with Crippen LogP contribution in [0, 0.1) is 10.1 Å². The largest absolute Gasteiger partial charge is 0.466 e. The summed E-state index contributed by atoms with van der Waals surface area (Å²) in [6, 6.07) is 6.63. The summed E-state index contributed by atoms with van der Waals surface area (Å²) in [7, 11) is 2.65. The number of nitrogens with zero attached hydrogens (tertiary/aromatic N) is 2. The Labute approximate surface area is 121 Å². The summed E-state index contributed by atoms with van der Waals surface area (Å²) in [5, 5.41) is 11.1. The molecule has 21 heavy (non-hydrogen) atoms. The van der Waals surface area contributed by atoms with Crippen molar-refractivity contribution in [3.05, 3.63) is 52.1 Å². The summed E-state index contributed by atoms with van der Waals surface area (Å²) >= 11 is 0. The molecule has 1 atom stereocenters. The van der Waals surface area contributed by atoms with E-state index in [1.807, 2.05) is 0 Å². The van der Waals surface area contributed by atoms with E-state index in [-0.39, 0.29) is 5.57 Å². The van der Waals surface area contributed by atoms with Gasteiger partial charge < -0.3 is 9.64 Å². The SMILES string of the molecule is C=C(C(=O)OC)[C@]1(C[N+](=O)[O-])C(=O)N(C)c2ccccc21. The first-order chi connectivity index (χ1) is 9.86. The molecule has 7 heteroatoms. The molecular weight excluding hydrogens is 276 g/mol. The first kappa shape index (κ1) is 14.7. The zero-order valence-electron chi connectivity index (χ0n) is 11.7. The van der Waals surface area contributed by atoms with Crippen LogP contribution in [0.3, 0.4) is 0 Å². The minimum Gasteiger partial charge on any atom is -0.466 e. The van der Waals surface area contributed by atoms with Gasteiger partial charge in [0.25, 0.3) is 0 Å². The Morgan fingerprint density at radius 1 is 1.48 bits per heavy atom. The van der Waals surface area contributed by atoms with E-state index in [0.29, 0.717) is 11.3 Å². The van der Waals surface area contributed by atoms with E-state index in [4.69, 9.17) is 0 Å². The fraction of sp³-hybridized carbons (Fsp3) is 0.286. The van der Waals surface area contributed by atoms with E-state index >= 15 is 0 Å². The number of esters is 1. The maximum atomic E-state index is 12.6. The van der Waals surface area contributed by atoms with E-state index in [1.54, 1.807) is 24.3 Å². The summed E-state index contributed by atoms with van der Waals surface area (Å²) < 4.78 is 4.60. The number of hydrogen-bond acceptors (Lipinski definition) is 5. The maximum Gasteiger partial charge on any atom is 0.334 e. The summed E-state index contributed by atoms with van der Waals surface area (Å²) in [5.41, 5.74) is -1.04. The molecule has 0 aliphatic carbocycles. The summed E-state index contributed by atoms with van der Waals surface area (Å²) in [5.74, 6) is -1.40. The molecule has 0 bridgehead atoms. The van der Waals surface area contributed by atoms with Gasteiger partial charge in [-0.25, -0.2) is 4.79 Å². The zero-order valence-corrected chi connectivity index (χ0v) is 11.7. The third-order valence-corrected chi connectivity index (χ3v) is 3.71. The van der Waals surface area contributed by atoms with Gasteiger partial charge in [0.05, 0.1) is 12.7 Å². The van der Waals surface area contributed by atoms with Gasteiger partial charge in [0, 0.05) is 23.2 Å². The molecule has 110 valence electrons. The topological polar surface area (TPSA) is 89.7 Å². The molecule has 0 N–H and O–H groups in total. The number of nitro groups is 1. The third-order valence-electron chi connectivity index (χ3n) is 3.71. The Hall–Kier alpha value is -2.70. The van der Waals surface area contributed by atoms with E-state index in [0.717, 1.165) is 7.11 Å². The lowest BCUT2D eigenvalue weighted by Gasteiger charge is -2.24. The number of ether oxygens (including phenoxy) is 1. The number of rotatable bonds is 4. The van der Waals surface area contributed by atoms with Crippen molar-refractivity contribution in [2.45, 2.75) is 5.41 Å². The van der Waals surface area contributed by atoms with Gasteiger partial charge in [0.15, 0.2) is 5.41 Å². The fourth-order valence-corrected chi connectivity index (χ4v) is 2.67. The average molecular weight is 290 g/mol. The standard InChI is InChI=1S/C14H14N2O5/c1-9(12(17)21-3)14(8-16(19)20)10-6-4-5-7-11(10)15(2)13(14)18/h4-7H,1,8H2,2-3H3/t14-/m0/s1. The summed E-state index contributed by atoms with van der Waals surface area (Å²) in [4.78, 5) is 36.2. The summed E-state index contributed by atoms with van der Waals surface area (Å²) in [6.07, 6.45) is 0. The number of anilines is 1. The summed E-state index contributed by atoms with van der Waals surface area (Å²) in [6.45, 7) is 2.84. The second-order valence-electron chi connectivity index (χ2n) is 4.75. The number of para-hydroxylation sites is 1. The zero-order chi connectivity index (χ0) is 15.8. The molecule has 1 aliphatic heterocycles. The number of carbonyl (C=O) groups excluding carboxylic acids is 2. The number of methoxy groups -OCH3 is 1. The van der Waals surface area contributed by atoms with Crippen LogP contribution >= 0.6 is 0 Å². The molecule has 1 aromatic rings. The van der Waals surface area contributed by atoms with Crippen molar-refractivity contribution in [2.24, 2.45) is 0 Å². The Morgan fingerprint density at radius 3 is 2.67 bits per heavy atom. The van der Waals surface area contributed by atoms with Crippen molar-refractivity contribution in [3.8, 4) is 0 Å². The first-order valence-electron chi connectivity index (χ1n) is 6.13. The van der Waals surface area contributed by atoms with Crippen LogP contribution < -0.4 is 4.90 Å². The van der Waals surface area contributed by atoms with Crippen molar-refractivity contribution in [1.29, 1.82) is 0 Å². The van der Waals surface area contributed by atoms with Crippen LogP contribution in [-0.2, 0) is 19.7 Å². The molecule has 1 heterocycles. The van der Waals surface area contributed by atoms with Gasteiger partial charge in [-0.1, -0.05) is 24.8 Å². The molecule has 1 aromatic carbocycles. The van der Waals surface area contributed by atoms with Crippen LogP contribution in [0.1, 0.15) is 5.56 Å². The number of fused-ring (bicyclic) bond motifs is 1. The highest BCUT2D eigenvalue weighted by atomic mass is 16.6. The van der Waals surface area contributed by atoms with Gasteiger partial charge in [0.1, 0.15) is 0 Å². The van der Waals surface area contributed by atoms with E-state index in [2.05, 4.69) is 11.3 Å². The maximum absolute atomic E-state index is 12.6. The highest BCUT2D eigenvalue weighted by Crippen LogP contribution is 2.45. The van der Waals surface area contributed by atoms with Crippen molar-refractivity contribution >= 4 is 17.6 Å². The van der Waals surface area contributed by atoms with Crippen LogP contribution in [-0.4, -0.2) is 37.5 Å². The van der Waals surface area contributed by atoms with E-state index in [1.165, 1.54) is 11.9 Å². The highest BCUT2D eigenvalue weighted by molar-refractivity contribution is 6.15. The molecule has 2 rings (SSSR count). The Balaban J connectivity index is 2.71. The second-order valence-corrected chi connectivity index (χ2v) is 4.75. The lowest BCUT2D eigenvalue weighted by atomic mass is 9.75. The Bertz CT molecular complexity index is 655. The van der Waals surface area contributed by atoms with Gasteiger partial charge >= 0.3 is 5.97 Å². The van der Waals surface area contributed by atoms with Gasteiger partial charge in [-0.05, 0) is 6.07 Å². The molecule has 0 saturated carbocycles. The molecule has 0 aromatic heterocycles. The van der Waals surface area contributed by atoms with Crippen LogP contribution in [0.2, 0.25) is 0 Å². The average Bonchev–Trinajstić information content (AvgIpc) is 2.68. The molecule has 7 nitrogen and oxygen atoms in total. The molecule has 1 amide bonds. The van der Waals surface area contributed by atoms with Crippen LogP contribution in [0.5, 0.6) is 0 Å². The predicted octanol–water partition coefficient (Wildman–Crippen LogP) is 0.907. The lowest BCUT2D eigenvalue weighted by Crippen LogP contribution is -2.47. The van der Waals surface area contributed by atoms with Gasteiger partial charge in [-0.3, -0.25) is 14.9 Å². The minimum absolute atomic E-state index is 0.233. The molecule has 0 unspecified atom stereocenters. The van der Waals surface area contributed by atoms with Gasteiger partial charge in [-0.2, -0.15) is 0 Å². The molecular formula is C14H14N2O5. The quantitative estimate of drug-likeness (QED) is 0.356. The number of amides is 1. The predicted molar refractivity (Wildman–Crippen MR) is 74.5 cm³/mol. The van der Waals surface area contributed by atoms with Crippen molar-refractivity contribution in [2.75, 3.05) is 25.6 Å². The van der Waals surface area contributed by atoms with Crippen molar-refractivity contribution < 1.29 is 19.2 Å². The van der Waals surface area contributed by atoms with Gasteiger partial charge in [-0.15, -0.1) is 0 Å². The van der Waals surface area contributed by atoms with Gasteiger partial charge in [0.2, 0.25) is 12.5 Å². The number of carbonyl (C=O) groups is 2. The molecule has 1 aliphatic rings. The fourth-order valence-electron chi connectivity index (χ4n) is 2.67. The van der Waals surface area contributed by atoms with Crippen molar-refractivity contribution in [1.82, 2.24) is 0 Å². The Kier molecular flexibility index (Phi) is 3.51. The van der Waals surface area contributed by atoms with E-state index in [9.17, 15) is 19.7 Å². The molecule has 0 fully saturated rings. The minimum atomic E-state index is -1.72. The smallest absolute Gasteiger partial charge is 0.334 e. The van der Waals surface area contributed by atoms with Crippen LogP contribution in [0.25, 0.3) is 0 Å².